The molecule has 0 aliphatic carbocycles. The molecule has 0 amide bonds. The predicted octanol–water partition coefficient (Wildman–Crippen LogP) is 4.77. The molecule has 0 saturated carbocycles. The Labute approximate surface area is 206 Å². The monoisotopic (exact) mass is 561 g/mol. The van der Waals surface area contributed by atoms with E-state index in [0.717, 1.165) is 43.5 Å². The summed E-state index contributed by atoms with van der Waals surface area (Å²) >= 11 is 8.06. The summed E-state index contributed by atoms with van der Waals surface area (Å²) in [6.45, 7) is 5.01. The fraction of sp³-hybridized carbons (Fsp3) is 0.545. The van der Waals surface area contributed by atoms with Crippen LogP contribution in [0, 0.1) is 5.92 Å². The molecule has 2 N–H and O–H groups in total. The number of halogens is 2. The molecule has 1 aromatic heterocycles. The quantitative estimate of drug-likeness (QED) is 0.291. The lowest BCUT2D eigenvalue weighted by molar-refractivity contribution is 0.122. The minimum absolute atomic E-state index is 0. The van der Waals surface area contributed by atoms with Crippen molar-refractivity contribution in [1.82, 2.24) is 20.5 Å². The van der Waals surface area contributed by atoms with Gasteiger partial charge in [0.25, 0.3) is 0 Å². The van der Waals surface area contributed by atoms with Gasteiger partial charge >= 0.3 is 0 Å². The molecule has 0 bridgehead atoms. The Hall–Kier alpha value is -0.900. The zero-order valence-electron chi connectivity index (χ0n) is 18.0. The lowest BCUT2D eigenvalue weighted by atomic mass is 9.85. The molecule has 1 aromatic carbocycles. The van der Waals surface area contributed by atoms with Crippen LogP contribution < -0.4 is 10.6 Å². The number of nitrogens with zero attached hydrogens (tertiary/aromatic N) is 3. The van der Waals surface area contributed by atoms with E-state index in [4.69, 9.17) is 11.6 Å². The number of rotatable bonds is 7. The number of aromatic nitrogens is 1. The highest BCUT2D eigenvalue weighted by Gasteiger charge is 2.30. The number of hydrogen-bond acceptors (Lipinski definition) is 4. The van der Waals surface area contributed by atoms with E-state index in [1.165, 1.54) is 28.3 Å². The van der Waals surface area contributed by atoms with E-state index in [2.05, 4.69) is 51.6 Å². The van der Waals surface area contributed by atoms with Gasteiger partial charge in [0.05, 0.1) is 5.01 Å². The van der Waals surface area contributed by atoms with Crippen molar-refractivity contribution in [3.63, 3.8) is 0 Å². The second-order valence-electron chi connectivity index (χ2n) is 7.59. The molecular weight excluding hydrogens is 529 g/mol. The Morgan fingerprint density at radius 1 is 1.37 bits per heavy atom. The van der Waals surface area contributed by atoms with Crippen molar-refractivity contribution >= 4 is 52.9 Å². The van der Waals surface area contributed by atoms with E-state index in [1.807, 2.05) is 25.4 Å². The maximum atomic E-state index is 6.26. The molecule has 1 aliphatic rings. The van der Waals surface area contributed by atoms with Gasteiger partial charge < -0.3 is 10.6 Å². The highest BCUT2D eigenvalue weighted by atomic mass is 127. The lowest BCUT2D eigenvalue weighted by Crippen LogP contribution is -2.45. The first-order chi connectivity index (χ1) is 14.1. The zero-order chi connectivity index (χ0) is 20.6. The normalized spacial score (nSPS) is 19.9. The van der Waals surface area contributed by atoms with E-state index >= 15 is 0 Å². The number of likely N-dealkylation sites (tertiary alicyclic amines) is 1. The summed E-state index contributed by atoms with van der Waals surface area (Å²) in [5.41, 5.74) is 1.30. The molecule has 1 saturated heterocycles. The predicted molar refractivity (Wildman–Crippen MR) is 140 cm³/mol. The molecule has 0 spiro atoms. The minimum atomic E-state index is 0. The topological polar surface area (TPSA) is 52.6 Å². The van der Waals surface area contributed by atoms with Gasteiger partial charge in [0, 0.05) is 48.7 Å². The third kappa shape index (κ3) is 7.07. The number of aliphatic imine (C=N–C) groups is 1. The Bertz CT molecular complexity index is 812. The van der Waals surface area contributed by atoms with Gasteiger partial charge in [0.15, 0.2) is 5.96 Å². The molecule has 1 fully saturated rings. The van der Waals surface area contributed by atoms with Crippen molar-refractivity contribution in [2.75, 3.05) is 33.7 Å². The number of guanidine groups is 1. The number of hydrogen-bond donors (Lipinski definition) is 2. The fourth-order valence-electron chi connectivity index (χ4n) is 4.05. The van der Waals surface area contributed by atoms with E-state index in [9.17, 15) is 0 Å². The van der Waals surface area contributed by atoms with Crippen LogP contribution in [0.2, 0.25) is 5.02 Å². The van der Waals surface area contributed by atoms with Crippen molar-refractivity contribution < 1.29 is 0 Å². The Kier molecular flexibility index (Phi) is 10.8. The van der Waals surface area contributed by atoms with Gasteiger partial charge in [-0.15, -0.1) is 35.3 Å². The van der Waals surface area contributed by atoms with Crippen LogP contribution in [-0.2, 0) is 12.8 Å². The van der Waals surface area contributed by atoms with Gasteiger partial charge in [-0.1, -0.05) is 30.7 Å². The van der Waals surface area contributed by atoms with Gasteiger partial charge in [0.2, 0.25) is 0 Å². The van der Waals surface area contributed by atoms with E-state index in [0.29, 0.717) is 12.0 Å². The number of piperidine rings is 1. The van der Waals surface area contributed by atoms with Gasteiger partial charge in [-0.2, -0.15) is 0 Å². The molecule has 5 nitrogen and oxygen atoms in total. The summed E-state index contributed by atoms with van der Waals surface area (Å²) in [7, 11) is 4.04. The van der Waals surface area contributed by atoms with Crippen LogP contribution in [0.15, 0.2) is 35.5 Å². The smallest absolute Gasteiger partial charge is 0.191 e. The second-order valence-corrected chi connectivity index (χ2v) is 9.22. The molecular formula is C22H33ClIN5S. The van der Waals surface area contributed by atoms with Crippen molar-refractivity contribution in [3.8, 4) is 0 Å². The summed E-state index contributed by atoms with van der Waals surface area (Å²) in [6, 6.07) is 8.66. The molecule has 0 radical (unpaired) electrons. The van der Waals surface area contributed by atoms with Crippen molar-refractivity contribution in [2.45, 2.75) is 38.6 Å². The van der Waals surface area contributed by atoms with E-state index in [1.54, 1.807) is 11.3 Å². The molecule has 3 rings (SSSR count). The van der Waals surface area contributed by atoms with Crippen LogP contribution in [0.25, 0.3) is 0 Å². The molecule has 8 heteroatoms. The highest BCUT2D eigenvalue weighted by Crippen LogP contribution is 2.35. The SMILES string of the molecule is CCc1cnc(CCNC(=NC)NCC2CCCN(C)C2c2cccc(Cl)c2)s1.I. The van der Waals surface area contributed by atoms with E-state index < -0.39 is 0 Å². The van der Waals surface area contributed by atoms with Gasteiger partial charge in [-0.05, 0) is 56.5 Å². The van der Waals surface area contributed by atoms with Crippen molar-refractivity contribution in [2.24, 2.45) is 10.9 Å². The van der Waals surface area contributed by atoms with Crippen LogP contribution in [0.4, 0.5) is 0 Å². The van der Waals surface area contributed by atoms with Crippen LogP contribution in [-0.4, -0.2) is 49.6 Å². The van der Waals surface area contributed by atoms with Crippen LogP contribution in [0.5, 0.6) is 0 Å². The molecule has 1 aliphatic heterocycles. The number of aryl methyl sites for hydroxylation is 1. The van der Waals surface area contributed by atoms with Gasteiger partial charge in [-0.3, -0.25) is 9.89 Å². The first kappa shape index (κ1) is 25.4. The van der Waals surface area contributed by atoms with E-state index in [-0.39, 0.29) is 24.0 Å². The van der Waals surface area contributed by atoms with Crippen LogP contribution >= 0.6 is 46.9 Å². The molecule has 2 unspecified atom stereocenters. The Morgan fingerprint density at radius 3 is 2.90 bits per heavy atom. The Morgan fingerprint density at radius 2 is 2.20 bits per heavy atom. The third-order valence-corrected chi connectivity index (χ3v) is 6.97. The summed E-state index contributed by atoms with van der Waals surface area (Å²) in [5.74, 6) is 1.37. The van der Waals surface area contributed by atoms with Crippen molar-refractivity contribution in [1.29, 1.82) is 0 Å². The second kappa shape index (κ2) is 12.8. The standard InChI is InChI=1S/C22H32ClN5S.HI/c1-4-19-15-26-20(29-19)10-11-25-22(24-2)27-14-17-8-6-12-28(3)21(17)16-7-5-9-18(23)13-16;/h5,7,9,13,15,17,21H,4,6,8,10-12,14H2,1-3H3,(H2,24,25,27);1H. The Balaban J connectivity index is 0.00000320. The maximum absolute atomic E-state index is 6.26. The van der Waals surface area contributed by atoms with Crippen molar-refractivity contribution in [3.05, 3.63) is 50.9 Å². The maximum Gasteiger partial charge on any atom is 0.191 e. The van der Waals surface area contributed by atoms with Gasteiger partial charge in [0.1, 0.15) is 0 Å². The highest BCUT2D eigenvalue weighted by molar-refractivity contribution is 14.0. The molecule has 2 heterocycles. The van der Waals surface area contributed by atoms with Gasteiger partial charge in [-0.25, -0.2) is 4.98 Å². The molecule has 2 atom stereocenters. The average molecular weight is 562 g/mol. The zero-order valence-corrected chi connectivity index (χ0v) is 21.9. The average Bonchev–Trinajstić information content (AvgIpc) is 3.18. The largest absolute Gasteiger partial charge is 0.356 e. The van der Waals surface area contributed by atoms with Crippen LogP contribution in [0.1, 0.15) is 41.3 Å². The summed E-state index contributed by atoms with van der Waals surface area (Å²) in [4.78, 5) is 12.7. The fourth-order valence-corrected chi connectivity index (χ4v) is 5.11. The minimum Gasteiger partial charge on any atom is -0.356 e. The summed E-state index contributed by atoms with van der Waals surface area (Å²) < 4.78 is 0. The molecule has 166 valence electrons. The first-order valence-corrected chi connectivity index (χ1v) is 11.6. The summed E-state index contributed by atoms with van der Waals surface area (Å²) in [6.07, 6.45) is 6.38. The summed E-state index contributed by atoms with van der Waals surface area (Å²) in [5, 5.41) is 8.95. The number of thiazole rings is 1. The molecule has 2 aromatic rings. The molecule has 30 heavy (non-hydrogen) atoms. The van der Waals surface area contributed by atoms with Crippen LogP contribution in [0.3, 0.4) is 0 Å². The third-order valence-electron chi connectivity index (χ3n) is 5.53. The number of benzene rings is 1. The lowest BCUT2D eigenvalue weighted by Gasteiger charge is -2.40. The first-order valence-electron chi connectivity index (χ1n) is 10.4. The number of nitrogens with one attached hydrogen (secondary N) is 2.